The van der Waals surface area contributed by atoms with Crippen molar-refractivity contribution in [3.63, 3.8) is 0 Å². The summed E-state index contributed by atoms with van der Waals surface area (Å²) in [6.45, 7) is 1.50. The average molecular weight is 363 g/mol. The number of halogens is 1. The number of amides is 1. The van der Waals surface area contributed by atoms with Gasteiger partial charge in [-0.15, -0.1) is 11.3 Å². The molecule has 0 saturated heterocycles. The van der Waals surface area contributed by atoms with Gasteiger partial charge in [0, 0.05) is 10.6 Å². The highest BCUT2D eigenvalue weighted by atomic mass is 35.5. The molecule has 2 aromatic rings. The molecule has 0 unspecified atom stereocenters. The Bertz CT molecular complexity index is 769. The summed E-state index contributed by atoms with van der Waals surface area (Å²) in [5.74, 6) is -0.885. The van der Waals surface area contributed by atoms with E-state index in [9.17, 15) is 9.59 Å². The Morgan fingerprint density at radius 1 is 1.42 bits per heavy atom. The fourth-order valence-electron chi connectivity index (χ4n) is 1.92. The van der Waals surface area contributed by atoms with Crippen molar-refractivity contribution in [3.05, 3.63) is 51.2 Å². The summed E-state index contributed by atoms with van der Waals surface area (Å²) in [5, 5.41) is 13.6. The number of esters is 1. The molecular weight excluding hydrogens is 348 g/mol. The van der Waals surface area contributed by atoms with Gasteiger partial charge in [0.25, 0.3) is 5.91 Å². The Balaban J connectivity index is 1.84. The number of nitrogens with zero attached hydrogens (tertiary/aromatic N) is 1. The first-order valence-electron chi connectivity index (χ1n) is 7.22. The van der Waals surface area contributed by atoms with Crippen LogP contribution in [0.4, 0.5) is 5.69 Å². The van der Waals surface area contributed by atoms with Gasteiger partial charge in [0.2, 0.25) is 0 Å². The second-order valence-electron chi connectivity index (χ2n) is 5.01. The largest absolute Gasteiger partial charge is 0.453 e. The number of aryl methyl sites for hydroxylation is 1. The Labute approximate surface area is 148 Å². The molecule has 1 N–H and O–H groups in total. The molecule has 5 nitrogen and oxygen atoms in total. The number of rotatable bonds is 6. The molecule has 1 amide bonds. The average Bonchev–Trinajstić information content (AvgIpc) is 3.06. The summed E-state index contributed by atoms with van der Waals surface area (Å²) in [5.41, 5.74) is 0.758. The first-order chi connectivity index (χ1) is 11.5. The minimum absolute atomic E-state index is 0.223. The van der Waals surface area contributed by atoms with E-state index in [1.807, 2.05) is 23.6 Å². The smallest absolute Gasteiger partial charge is 0.306 e. The lowest BCUT2D eigenvalue weighted by Crippen LogP contribution is -2.30. The fraction of sp³-hybridized carbons (Fsp3) is 0.235. The number of carbonyl (C=O) groups excluding carboxylic acids is 2. The highest BCUT2D eigenvalue weighted by molar-refractivity contribution is 7.09. The van der Waals surface area contributed by atoms with Crippen LogP contribution in [0.1, 0.15) is 23.8 Å². The van der Waals surface area contributed by atoms with Crippen LogP contribution in [0, 0.1) is 11.3 Å². The van der Waals surface area contributed by atoms with Crippen LogP contribution >= 0.6 is 22.9 Å². The summed E-state index contributed by atoms with van der Waals surface area (Å²) in [6.07, 6.45) is -0.105. The van der Waals surface area contributed by atoms with Crippen molar-refractivity contribution in [2.24, 2.45) is 0 Å². The van der Waals surface area contributed by atoms with Gasteiger partial charge in [-0.1, -0.05) is 17.7 Å². The monoisotopic (exact) mass is 362 g/mol. The molecule has 24 heavy (non-hydrogen) atoms. The van der Waals surface area contributed by atoms with E-state index >= 15 is 0 Å². The molecule has 124 valence electrons. The van der Waals surface area contributed by atoms with Gasteiger partial charge in [0.1, 0.15) is 6.07 Å². The maximum atomic E-state index is 12.1. The summed E-state index contributed by atoms with van der Waals surface area (Å²) in [4.78, 5) is 24.9. The number of carbonyl (C=O) groups is 2. The van der Waals surface area contributed by atoms with Gasteiger partial charge >= 0.3 is 5.97 Å². The number of thiophene rings is 1. The number of anilines is 1. The molecule has 2 rings (SSSR count). The molecule has 0 bridgehead atoms. The van der Waals surface area contributed by atoms with Crippen molar-refractivity contribution >= 4 is 40.5 Å². The van der Waals surface area contributed by atoms with Crippen LogP contribution in [0.5, 0.6) is 0 Å². The van der Waals surface area contributed by atoms with Crippen LogP contribution in [0.3, 0.4) is 0 Å². The molecule has 1 aromatic heterocycles. The third-order valence-corrected chi connectivity index (χ3v) is 4.44. The van der Waals surface area contributed by atoms with E-state index in [4.69, 9.17) is 21.6 Å². The summed E-state index contributed by atoms with van der Waals surface area (Å²) in [7, 11) is 0. The van der Waals surface area contributed by atoms with Crippen LogP contribution < -0.4 is 5.32 Å². The molecule has 0 spiro atoms. The normalized spacial score (nSPS) is 11.4. The van der Waals surface area contributed by atoms with Crippen molar-refractivity contribution in [1.29, 1.82) is 5.26 Å². The SMILES string of the molecule is C[C@@H](OC(=O)CCc1cccs1)C(=O)Nc1ccc(C#N)c(Cl)c1. The van der Waals surface area contributed by atoms with E-state index in [0.717, 1.165) is 4.88 Å². The van der Waals surface area contributed by atoms with Crippen LogP contribution in [-0.2, 0) is 20.7 Å². The Hall–Kier alpha value is -2.36. The van der Waals surface area contributed by atoms with Gasteiger partial charge in [-0.3, -0.25) is 9.59 Å². The van der Waals surface area contributed by atoms with E-state index in [2.05, 4.69) is 5.32 Å². The van der Waals surface area contributed by atoms with Crippen molar-refractivity contribution < 1.29 is 14.3 Å². The zero-order valence-corrected chi connectivity index (χ0v) is 14.5. The van der Waals surface area contributed by atoms with Gasteiger partial charge in [-0.05, 0) is 43.0 Å². The molecule has 0 aliphatic carbocycles. The number of ether oxygens (including phenoxy) is 1. The first-order valence-corrected chi connectivity index (χ1v) is 8.47. The Morgan fingerprint density at radius 3 is 2.83 bits per heavy atom. The zero-order valence-electron chi connectivity index (χ0n) is 12.9. The summed E-state index contributed by atoms with van der Waals surface area (Å²) >= 11 is 7.48. The first kappa shape index (κ1) is 18.0. The molecule has 7 heteroatoms. The second kappa shape index (κ2) is 8.48. The predicted octanol–water partition coefficient (Wildman–Crippen LogP) is 3.78. The maximum Gasteiger partial charge on any atom is 0.306 e. The standard InChI is InChI=1S/C17H15ClN2O3S/c1-11(23-16(21)7-6-14-3-2-8-24-14)17(22)20-13-5-4-12(10-19)15(18)9-13/h2-5,8-9,11H,6-7H2,1H3,(H,20,22)/t11-/m1/s1. The number of hydrogen-bond donors (Lipinski definition) is 1. The lowest BCUT2D eigenvalue weighted by Gasteiger charge is -2.13. The molecule has 0 fully saturated rings. The van der Waals surface area contributed by atoms with Gasteiger partial charge in [0.05, 0.1) is 17.0 Å². The molecular formula is C17H15ClN2O3S. The summed E-state index contributed by atoms with van der Waals surface area (Å²) < 4.78 is 5.13. The Morgan fingerprint density at radius 2 is 2.21 bits per heavy atom. The van der Waals surface area contributed by atoms with Crippen molar-refractivity contribution in [3.8, 4) is 6.07 Å². The topological polar surface area (TPSA) is 79.2 Å². The third-order valence-electron chi connectivity index (χ3n) is 3.19. The minimum atomic E-state index is -0.921. The Kier molecular flexibility index (Phi) is 6.36. The third kappa shape index (κ3) is 5.08. The lowest BCUT2D eigenvalue weighted by atomic mass is 10.2. The van der Waals surface area contributed by atoms with Gasteiger partial charge in [0.15, 0.2) is 6.10 Å². The van der Waals surface area contributed by atoms with Crippen LogP contribution in [0.2, 0.25) is 5.02 Å². The number of benzene rings is 1. The second-order valence-corrected chi connectivity index (χ2v) is 6.45. The molecule has 1 heterocycles. The number of nitrogens with one attached hydrogen (secondary N) is 1. The van der Waals surface area contributed by atoms with E-state index in [-0.39, 0.29) is 11.4 Å². The fourth-order valence-corrected chi connectivity index (χ4v) is 2.85. The lowest BCUT2D eigenvalue weighted by molar-refractivity contribution is -0.153. The van der Waals surface area contributed by atoms with Crippen molar-refractivity contribution in [2.45, 2.75) is 25.9 Å². The maximum absolute atomic E-state index is 12.1. The van der Waals surface area contributed by atoms with E-state index in [1.165, 1.54) is 19.1 Å². The van der Waals surface area contributed by atoms with Crippen molar-refractivity contribution in [1.82, 2.24) is 0 Å². The van der Waals surface area contributed by atoms with Crippen LogP contribution in [0.25, 0.3) is 0 Å². The zero-order chi connectivity index (χ0) is 17.5. The van der Waals surface area contributed by atoms with Crippen LogP contribution in [0.15, 0.2) is 35.7 Å². The van der Waals surface area contributed by atoms with Crippen LogP contribution in [-0.4, -0.2) is 18.0 Å². The molecule has 0 saturated carbocycles. The summed E-state index contributed by atoms with van der Waals surface area (Å²) in [6, 6.07) is 10.4. The van der Waals surface area contributed by atoms with Crippen molar-refractivity contribution in [2.75, 3.05) is 5.32 Å². The number of nitriles is 1. The predicted molar refractivity (Wildman–Crippen MR) is 93.0 cm³/mol. The minimum Gasteiger partial charge on any atom is -0.453 e. The quantitative estimate of drug-likeness (QED) is 0.793. The number of hydrogen-bond acceptors (Lipinski definition) is 5. The molecule has 0 radical (unpaired) electrons. The van der Waals surface area contributed by atoms with E-state index in [1.54, 1.807) is 17.4 Å². The highest BCUT2D eigenvalue weighted by Crippen LogP contribution is 2.20. The van der Waals surface area contributed by atoms with E-state index < -0.39 is 18.0 Å². The highest BCUT2D eigenvalue weighted by Gasteiger charge is 2.18. The van der Waals surface area contributed by atoms with Gasteiger partial charge < -0.3 is 10.1 Å². The van der Waals surface area contributed by atoms with E-state index in [0.29, 0.717) is 17.7 Å². The molecule has 0 aliphatic rings. The molecule has 0 aliphatic heterocycles. The van der Waals surface area contributed by atoms with Gasteiger partial charge in [-0.2, -0.15) is 5.26 Å². The van der Waals surface area contributed by atoms with Gasteiger partial charge in [-0.25, -0.2) is 0 Å². The molecule has 1 atom stereocenters. The molecule has 1 aromatic carbocycles.